The molecule has 6 heteroatoms. The van der Waals surface area contributed by atoms with E-state index in [4.69, 9.17) is 21.1 Å². The van der Waals surface area contributed by atoms with Crippen LogP contribution >= 0.6 is 11.6 Å². The van der Waals surface area contributed by atoms with Gasteiger partial charge in [-0.3, -0.25) is 4.79 Å². The number of nitrogens with zero attached hydrogens (tertiary/aromatic N) is 2. The van der Waals surface area contributed by atoms with E-state index in [0.29, 0.717) is 18.2 Å². The zero-order chi connectivity index (χ0) is 21.5. The van der Waals surface area contributed by atoms with Crippen LogP contribution in [0, 0.1) is 19.8 Å². The molecule has 0 unspecified atom stereocenters. The van der Waals surface area contributed by atoms with Gasteiger partial charge in [-0.25, -0.2) is 4.98 Å². The van der Waals surface area contributed by atoms with Crippen molar-refractivity contribution in [3.8, 4) is 11.5 Å². The summed E-state index contributed by atoms with van der Waals surface area (Å²) in [6.07, 6.45) is 3.03. The molecule has 1 aromatic heterocycles. The van der Waals surface area contributed by atoms with Crippen LogP contribution in [0.25, 0.3) is 10.9 Å². The minimum absolute atomic E-state index is 0.102. The van der Waals surface area contributed by atoms with Gasteiger partial charge in [-0.05, 0) is 61.6 Å². The third kappa shape index (κ3) is 3.83. The van der Waals surface area contributed by atoms with Crippen molar-refractivity contribution >= 4 is 28.4 Å². The second kappa shape index (κ2) is 8.04. The molecule has 1 amide bonds. The van der Waals surface area contributed by atoms with Crippen LogP contribution in [0.5, 0.6) is 11.5 Å². The highest BCUT2D eigenvalue weighted by Crippen LogP contribution is 2.35. The molecule has 160 valence electrons. The summed E-state index contributed by atoms with van der Waals surface area (Å²) in [6, 6.07) is 12.1. The fourth-order valence-electron chi connectivity index (χ4n) is 4.25. The van der Waals surface area contributed by atoms with Crippen LogP contribution in [0.2, 0.25) is 5.15 Å². The maximum absolute atomic E-state index is 13.3. The third-order valence-electron chi connectivity index (χ3n) is 6.37. The van der Waals surface area contributed by atoms with E-state index in [-0.39, 0.29) is 18.6 Å². The van der Waals surface area contributed by atoms with Crippen LogP contribution in [-0.4, -0.2) is 22.6 Å². The van der Waals surface area contributed by atoms with Gasteiger partial charge in [0.25, 0.3) is 0 Å². The highest BCUT2D eigenvalue weighted by Gasteiger charge is 2.30. The lowest BCUT2D eigenvalue weighted by Crippen LogP contribution is -2.38. The minimum atomic E-state index is 0.102. The molecular weight excluding hydrogens is 412 g/mol. The quantitative estimate of drug-likeness (QED) is 0.491. The first-order valence-corrected chi connectivity index (χ1v) is 11.1. The molecule has 0 atom stereocenters. The first-order valence-electron chi connectivity index (χ1n) is 10.7. The standard InChI is InChI=1S/C25H25ClN2O3/c1-15-6-7-16(2)23-20(15)11-19(24(26)27-23)13-28(25(29)18-4-3-5-18)12-17-8-9-21-22(10-17)31-14-30-21/h6-11,18H,3-5,12-14H2,1-2H3. The monoisotopic (exact) mass is 436 g/mol. The SMILES string of the molecule is Cc1ccc(C)c2nc(Cl)c(CN(Cc3ccc4c(c3)OCO4)C(=O)C3CCC3)cc12. The Morgan fingerprint density at radius 3 is 2.61 bits per heavy atom. The maximum Gasteiger partial charge on any atom is 0.231 e. The predicted octanol–water partition coefficient (Wildman–Crippen LogP) is 5.56. The van der Waals surface area contributed by atoms with Crippen molar-refractivity contribution in [3.63, 3.8) is 0 Å². The van der Waals surface area contributed by atoms with E-state index in [2.05, 4.69) is 30.1 Å². The zero-order valence-electron chi connectivity index (χ0n) is 17.8. The molecule has 0 spiro atoms. The highest BCUT2D eigenvalue weighted by molar-refractivity contribution is 6.30. The van der Waals surface area contributed by atoms with E-state index >= 15 is 0 Å². The molecule has 31 heavy (non-hydrogen) atoms. The van der Waals surface area contributed by atoms with Crippen molar-refractivity contribution < 1.29 is 14.3 Å². The number of hydrogen-bond donors (Lipinski definition) is 0. The van der Waals surface area contributed by atoms with Gasteiger partial charge < -0.3 is 14.4 Å². The Kier molecular flexibility index (Phi) is 5.22. The summed E-state index contributed by atoms with van der Waals surface area (Å²) in [4.78, 5) is 19.8. The van der Waals surface area contributed by atoms with Gasteiger partial charge in [-0.1, -0.05) is 36.2 Å². The molecule has 1 aliphatic carbocycles. The summed E-state index contributed by atoms with van der Waals surface area (Å²) < 4.78 is 10.9. The van der Waals surface area contributed by atoms with Crippen molar-refractivity contribution in [2.24, 2.45) is 5.92 Å². The van der Waals surface area contributed by atoms with E-state index in [0.717, 1.165) is 63.9 Å². The van der Waals surface area contributed by atoms with Gasteiger partial charge in [0.05, 0.1) is 5.52 Å². The van der Waals surface area contributed by atoms with Crippen LogP contribution in [0.3, 0.4) is 0 Å². The van der Waals surface area contributed by atoms with E-state index in [9.17, 15) is 4.79 Å². The number of pyridine rings is 1. The van der Waals surface area contributed by atoms with Crippen molar-refractivity contribution in [2.75, 3.05) is 6.79 Å². The lowest BCUT2D eigenvalue weighted by atomic mass is 9.84. The average Bonchev–Trinajstić information content (AvgIpc) is 3.18. The molecule has 1 fully saturated rings. The average molecular weight is 437 g/mol. The van der Waals surface area contributed by atoms with Crippen molar-refractivity contribution in [2.45, 2.75) is 46.2 Å². The number of hydrogen-bond acceptors (Lipinski definition) is 4. The fraction of sp³-hybridized carbons (Fsp3) is 0.360. The number of fused-ring (bicyclic) bond motifs is 2. The highest BCUT2D eigenvalue weighted by atomic mass is 35.5. The predicted molar refractivity (Wildman–Crippen MR) is 120 cm³/mol. The third-order valence-corrected chi connectivity index (χ3v) is 6.70. The summed E-state index contributed by atoms with van der Waals surface area (Å²) in [5.41, 5.74) is 5.04. The molecule has 1 saturated carbocycles. The van der Waals surface area contributed by atoms with Gasteiger partial charge >= 0.3 is 0 Å². The van der Waals surface area contributed by atoms with Crippen molar-refractivity contribution in [3.05, 3.63) is 63.8 Å². The Hall–Kier alpha value is -2.79. The molecule has 0 radical (unpaired) electrons. The van der Waals surface area contributed by atoms with Gasteiger partial charge in [0, 0.05) is 30.0 Å². The first kappa shape index (κ1) is 20.1. The van der Waals surface area contributed by atoms with Crippen molar-refractivity contribution in [1.82, 2.24) is 9.88 Å². The topological polar surface area (TPSA) is 51.7 Å². The summed E-state index contributed by atoms with van der Waals surface area (Å²) >= 11 is 6.60. The van der Waals surface area contributed by atoms with Crippen LogP contribution in [0.1, 0.15) is 41.5 Å². The molecule has 2 heterocycles. The number of rotatable bonds is 5. The van der Waals surface area contributed by atoms with Crippen LogP contribution in [0.4, 0.5) is 0 Å². The second-order valence-electron chi connectivity index (χ2n) is 8.54. The molecule has 0 N–H and O–H groups in total. The summed E-state index contributed by atoms with van der Waals surface area (Å²) in [5.74, 6) is 1.75. The van der Waals surface area contributed by atoms with Crippen LogP contribution in [0.15, 0.2) is 36.4 Å². The van der Waals surface area contributed by atoms with Crippen molar-refractivity contribution in [1.29, 1.82) is 0 Å². The molecule has 0 saturated heterocycles. The lowest BCUT2D eigenvalue weighted by molar-refractivity contribution is -0.139. The van der Waals surface area contributed by atoms with Gasteiger partial charge in [0.2, 0.25) is 12.7 Å². The molecule has 1 aliphatic heterocycles. The first-order chi connectivity index (χ1) is 15.0. The van der Waals surface area contributed by atoms with Gasteiger partial charge in [0.15, 0.2) is 11.5 Å². The molecule has 2 aromatic carbocycles. The number of amides is 1. The Morgan fingerprint density at radius 2 is 1.84 bits per heavy atom. The smallest absolute Gasteiger partial charge is 0.231 e. The van der Waals surface area contributed by atoms with E-state index < -0.39 is 0 Å². The van der Waals surface area contributed by atoms with Crippen LogP contribution < -0.4 is 9.47 Å². The number of halogens is 1. The van der Waals surface area contributed by atoms with E-state index in [1.807, 2.05) is 30.0 Å². The normalized spacial score (nSPS) is 15.2. The Bertz CT molecular complexity index is 1170. The summed E-state index contributed by atoms with van der Waals surface area (Å²) in [5, 5.41) is 1.54. The molecule has 2 aliphatic rings. The van der Waals surface area contributed by atoms with Crippen LogP contribution in [-0.2, 0) is 17.9 Å². The largest absolute Gasteiger partial charge is 0.454 e. The number of ether oxygens (including phenoxy) is 2. The second-order valence-corrected chi connectivity index (χ2v) is 8.90. The molecule has 5 rings (SSSR count). The maximum atomic E-state index is 13.3. The number of aryl methyl sites for hydroxylation is 2. The fourth-order valence-corrected chi connectivity index (χ4v) is 4.45. The summed E-state index contributed by atoms with van der Waals surface area (Å²) in [6.45, 7) is 5.27. The minimum Gasteiger partial charge on any atom is -0.454 e. The lowest BCUT2D eigenvalue weighted by Gasteiger charge is -2.32. The molecule has 5 nitrogen and oxygen atoms in total. The number of aromatic nitrogens is 1. The van der Waals surface area contributed by atoms with E-state index in [1.54, 1.807) is 0 Å². The molecule has 3 aromatic rings. The van der Waals surface area contributed by atoms with Gasteiger partial charge in [-0.15, -0.1) is 0 Å². The number of benzene rings is 2. The Labute approximate surface area is 186 Å². The Morgan fingerprint density at radius 1 is 1.06 bits per heavy atom. The number of carbonyl (C=O) groups excluding carboxylic acids is 1. The summed E-state index contributed by atoms with van der Waals surface area (Å²) in [7, 11) is 0. The van der Waals surface area contributed by atoms with Gasteiger partial charge in [-0.2, -0.15) is 0 Å². The zero-order valence-corrected chi connectivity index (χ0v) is 18.5. The molecular formula is C25H25ClN2O3. The molecule has 0 bridgehead atoms. The number of carbonyl (C=O) groups is 1. The van der Waals surface area contributed by atoms with Gasteiger partial charge in [0.1, 0.15) is 5.15 Å². The van der Waals surface area contributed by atoms with E-state index in [1.165, 1.54) is 0 Å². The Balaban J connectivity index is 1.48.